The Morgan fingerprint density at radius 2 is 1.50 bits per heavy atom. The minimum Gasteiger partial charge on any atom is -0.481 e. The van der Waals surface area contributed by atoms with E-state index in [1.165, 1.54) is 19.1 Å². The molecule has 0 heterocycles. The summed E-state index contributed by atoms with van der Waals surface area (Å²) in [6.07, 6.45) is -0.853. The topological polar surface area (TPSA) is 113 Å². The number of hydrogen-bond acceptors (Lipinski definition) is 4. The number of anilines is 1. The van der Waals surface area contributed by atoms with Crippen LogP contribution in [0, 0.1) is 0 Å². The third-order valence-electron chi connectivity index (χ3n) is 3.12. The zero-order chi connectivity index (χ0) is 17.7. The molecule has 0 aliphatic carbocycles. The number of rotatable bonds is 6. The average Bonchev–Trinajstić information content (AvgIpc) is 2.55. The van der Waals surface area contributed by atoms with Crippen molar-refractivity contribution in [3.8, 4) is 5.75 Å². The summed E-state index contributed by atoms with van der Waals surface area (Å²) in [5, 5.41) is 20.5. The summed E-state index contributed by atoms with van der Waals surface area (Å²) in [5.41, 5.74) is -0.399. The van der Waals surface area contributed by atoms with Crippen LogP contribution in [0.1, 0.15) is 27.6 Å². The van der Waals surface area contributed by atoms with E-state index < -0.39 is 23.9 Å². The molecule has 0 saturated carbocycles. The van der Waals surface area contributed by atoms with Crippen molar-refractivity contribution < 1.29 is 29.3 Å². The smallest absolute Gasteiger partial charge is 0.335 e. The molecule has 0 fully saturated rings. The van der Waals surface area contributed by atoms with Crippen LogP contribution >= 0.6 is 0 Å². The Morgan fingerprint density at radius 3 is 2.00 bits per heavy atom. The number of benzene rings is 2. The molecule has 0 aromatic heterocycles. The van der Waals surface area contributed by atoms with E-state index in [-0.39, 0.29) is 16.8 Å². The SMILES string of the molecule is C[C@@H](Oc1ccccc1)C(=O)Nc1cc(C(=O)O)cc(C(=O)O)c1. The molecule has 7 heteroatoms. The van der Waals surface area contributed by atoms with E-state index in [1.54, 1.807) is 24.3 Å². The molecule has 3 N–H and O–H groups in total. The number of carboxylic acids is 2. The van der Waals surface area contributed by atoms with E-state index in [0.29, 0.717) is 5.75 Å². The van der Waals surface area contributed by atoms with Gasteiger partial charge in [0.15, 0.2) is 6.10 Å². The molecule has 0 bridgehead atoms. The highest BCUT2D eigenvalue weighted by Crippen LogP contribution is 2.17. The molecule has 1 atom stereocenters. The first-order chi connectivity index (χ1) is 11.4. The highest BCUT2D eigenvalue weighted by Gasteiger charge is 2.17. The summed E-state index contributed by atoms with van der Waals surface area (Å²) in [4.78, 5) is 34.3. The first-order valence-electron chi connectivity index (χ1n) is 7.01. The Labute approximate surface area is 137 Å². The Hall–Kier alpha value is -3.35. The van der Waals surface area contributed by atoms with Gasteiger partial charge >= 0.3 is 11.9 Å². The van der Waals surface area contributed by atoms with Crippen molar-refractivity contribution in [3.63, 3.8) is 0 Å². The Kier molecular flexibility index (Phi) is 5.16. The second kappa shape index (κ2) is 7.28. The standard InChI is InChI=1S/C17H15NO6/c1-10(24-14-5-3-2-4-6-14)15(19)18-13-8-11(16(20)21)7-12(9-13)17(22)23/h2-10H,1H3,(H,18,19)(H,20,21)(H,22,23)/t10-/m1/s1. The number of aromatic carboxylic acids is 2. The van der Waals surface area contributed by atoms with Crippen LogP contribution in [0.25, 0.3) is 0 Å². The van der Waals surface area contributed by atoms with Crippen LogP contribution in [0.2, 0.25) is 0 Å². The summed E-state index contributed by atoms with van der Waals surface area (Å²) >= 11 is 0. The number of hydrogen-bond donors (Lipinski definition) is 3. The van der Waals surface area contributed by atoms with Crippen molar-refractivity contribution in [1.29, 1.82) is 0 Å². The molecular weight excluding hydrogens is 314 g/mol. The van der Waals surface area contributed by atoms with Gasteiger partial charge in [-0.1, -0.05) is 18.2 Å². The van der Waals surface area contributed by atoms with Crippen LogP contribution in [0.3, 0.4) is 0 Å². The lowest BCUT2D eigenvalue weighted by molar-refractivity contribution is -0.122. The van der Waals surface area contributed by atoms with E-state index in [9.17, 15) is 14.4 Å². The van der Waals surface area contributed by atoms with Gasteiger partial charge in [-0.25, -0.2) is 9.59 Å². The van der Waals surface area contributed by atoms with Crippen LogP contribution in [0.15, 0.2) is 48.5 Å². The lowest BCUT2D eigenvalue weighted by atomic mass is 10.1. The van der Waals surface area contributed by atoms with Crippen molar-refractivity contribution >= 4 is 23.5 Å². The number of nitrogens with one attached hydrogen (secondary N) is 1. The second-order valence-electron chi connectivity index (χ2n) is 4.97. The summed E-state index contributed by atoms with van der Waals surface area (Å²) in [6, 6.07) is 12.1. The van der Waals surface area contributed by atoms with Crippen LogP contribution in [0.5, 0.6) is 5.75 Å². The van der Waals surface area contributed by atoms with Crippen LogP contribution < -0.4 is 10.1 Å². The second-order valence-corrected chi connectivity index (χ2v) is 4.97. The van der Waals surface area contributed by atoms with Crippen molar-refractivity contribution in [2.45, 2.75) is 13.0 Å². The third-order valence-corrected chi connectivity index (χ3v) is 3.12. The van der Waals surface area contributed by atoms with Crippen molar-refractivity contribution in [2.24, 2.45) is 0 Å². The van der Waals surface area contributed by atoms with E-state index in [1.807, 2.05) is 6.07 Å². The summed E-state index contributed by atoms with van der Waals surface area (Å²) in [5.74, 6) is -2.60. The lowest BCUT2D eigenvalue weighted by Crippen LogP contribution is -2.30. The van der Waals surface area contributed by atoms with Gasteiger partial charge in [0, 0.05) is 5.69 Å². The molecule has 0 aliphatic rings. The van der Waals surface area contributed by atoms with Gasteiger partial charge in [-0.2, -0.15) is 0 Å². The predicted molar refractivity (Wildman–Crippen MR) is 85.5 cm³/mol. The summed E-state index contributed by atoms with van der Waals surface area (Å²) in [6.45, 7) is 1.53. The summed E-state index contributed by atoms with van der Waals surface area (Å²) in [7, 11) is 0. The van der Waals surface area contributed by atoms with Crippen LogP contribution in [0.4, 0.5) is 5.69 Å². The monoisotopic (exact) mass is 329 g/mol. The van der Waals surface area contributed by atoms with E-state index in [2.05, 4.69) is 5.32 Å². The van der Waals surface area contributed by atoms with Crippen LogP contribution in [-0.2, 0) is 4.79 Å². The molecule has 24 heavy (non-hydrogen) atoms. The lowest BCUT2D eigenvalue weighted by Gasteiger charge is -2.15. The largest absolute Gasteiger partial charge is 0.481 e. The molecule has 0 aliphatic heterocycles. The van der Waals surface area contributed by atoms with E-state index >= 15 is 0 Å². The minimum absolute atomic E-state index is 0.0702. The number of ether oxygens (including phenoxy) is 1. The molecule has 0 spiro atoms. The van der Waals surface area contributed by atoms with Gasteiger partial charge in [0.2, 0.25) is 0 Å². The maximum absolute atomic E-state index is 12.1. The maximum Gasteiger partial charge on any atom is 0.335 e. The fourth-order valence-electron chi connectivity index (χ4n) is 1.95. The molecule has 1 amide bonds. The Balaban J connectivity index is 2.15. The van der Waals surface area contributed by atoms with Crippen molar-refractivity contribution in [3.05, 3.63) is 59.7 Å². The Morgan fingerprint density at radius 1 is 0.958 bits per heavy atom. The molecule has 7 nitrogen and oxygen atoms in total. The normalized spacial score (nSPS) is 11.4. The quantitative estimate of drug-likeness (QED) is 0.750. The highest BCUT2D eigenvalue weighted by molar-refractivity contribution is 5.99. The van der Waals surface area contributed by atoms with Gasteiger partial charge in [-0.15, -0.1) is 0 Å². The summed E-state index contributed by atoms with van der Waals surface area (Å²) < 4.78 is 5.46. The molecule has 0 unspecified atom stereocenters. The van der Waals surface area contributed by atoms with Gasteiger partial charge in [0.25, 0.3) is 5.91 Å². The van der Waals surface area contributed by atoms with Gasteiger partial charge in [-0.05, 0) is 37.3 Å². The number of carboxylic acid groups (broad SMARTS) is 2. The number of amides is 1. The zero-order valence-corrected chi connectivity index (χ0v) is 12.7. The maximum atomic E-state index is 12.1. The highest BCUT2D eigenvalue weighted by atomic mass is 16.5. The number of carbonyl (C=O) groups excluding carboxylic acids is 1. The molecule has 0 radical (unpaired) electrons. The first kappa shape index (κ1) is 17.0. The average molecular weight is 329 g/mol. The van der Waals surface area contributed by atoms with Gasteiger partial charge in [-0.3, -0.25) is 4.79 Å². The fourth-order valence-corrected chi connectivity index (χ4v) is 1.95. The van der Waals surface area contributed by atoms with E-state index in [4.69, 9.17) is 14.9 Å². The molecule has 0 saturated heterocycles. The minimum atomic E-state index is -1.29. The number of para-hydroxylation sites is 1. The third kappa shape index (κ3) is 4.33. The van der Waals surface area contributed by atoms with Crippen LogP contribution in [-0.4, -0.2) is 34.2 Å². The molecule has 2 aromatic rings. The fraction of sp³-hybridized carbons (Fsp3) is 0.118. The predicted octanol–water partition coefficient (Wildman–Crippen LogP) is 2.49. The van der Waals surface area contributed by atoms with E-state index in [0.717, 1.165) is 6.07 Å². The molecule has 2 rings (SSSR count). The van der Waals surface area contributed by atoms with Gasteiger partial charge in [0.1, 0.15) is 5.75 Å². The number of carbonyl (C=O) groups is 3. The van der Waals surface area contributed by atoms with Gasteiger partial charge in [0.05, 0.1) is 11.1 Å². The molecule has 124 valence electrons. The van der Waals surface area contributed by atoms with Crippen molar-refractivity contribution in [2.75, 3.05) is 5.32 Å². The van der Waals surface area contributed by atoms with Crippen molar-refractivity contribution in [1.82, 2.24) is 0 Å². The first-order valence-corrected chi connectivity index (χ1v) is 7.01. The molecule has 2 aromatic carbocycles. The molecular formula is C17H15NO6. The Bertz CT molecular complexity index is 740. The zero-order valence-electron chi connectivity index (χ0n) is 12.7. The van der Waals surface area contributed by atoms with Gasteiger partial charge < -0.3 is 20.3 Å².